The van der Waals surface area contributed by atoms with Gasteiger partial charge in [0.05, 0.1) is 0 Å². The van der Waals surface area contributed by atoms with Gasteiger partial charge in [-0.3, -0.25) is 4.79 Å². The summed E-state index contributed by atoms with van der Waals surface area (Å²) in [5.74, 6) is 0.511. The molecule has 0 bridgehead atoms. The van der Waals surface area contributed by atoms with E-state index in [0.717, 1.165) is 0 Å². The molecule has 3 heteroatoms. The van der Waals surface area contributed by atoms with E-state index in [9.17, 15) is 9.90 Å². The number of carbonyl (C=O) groups excluding carboxylic acids is 1. The molecule has 0 radical (unpaired) electrons. The molecule has 0 amide bonds. The quantitative estimate of drug-likeness (QED) is 0.744. The van der Waals surface area contributed by atoms with Crippen LogP contribution in [-0.2, 0) is 5.60 Å². The molecule has 0 aliphatic carbocycles. The lowest BCUT2D eigenvalue weighted by atomic mass is 9.84. The molecular formula is C18H14O3. The van der Waals surface area contributed by atoms with Crippen LogP contribution < -0.4 is 0 Å². The molecule has 3 rings (SSSR count). The molecule has 0 saturated heterocycles. The third-order valence-electron chi connectivity index (χ3n) is 3.48. The number of rotatable bonds is 4. The van der Waals surface area contributed by atoms with Crippen molar-refractivity contribution in [2.75, 3.05) is 0 Å². The molecule has 1 aromatic heterocycles. The van der Waals surface area contributed by atoms with Gasteiger partial charge in [-0.05, 0) is 23.3 Å². The van der Waals surface area contributed by atoms with Crippen LogP contribution in [0.5, 0.6) is 0 Å². The van der Waals surface area contributed by atoms with Crippen LogP contribution in [0.2, 0.25) is 0 Å². The van der Waals surface area contributed by atoms with Crippen molar-refractivity contribution >= 4 is 6.29 Å². The predicted molar refractivity (Wildman–Crippen MR) is 79.1 cm³/mol. The zero-order valence-electron chi connectivity index (χ0n) is 11.3. The predicted octanol–water partition coefficient (Wildman–Crippen LogP) is 3.38. The molecule has 104 valence electrons. The van der Waals surface area contributed by atoms with Crippen LogP contribution in [0, 0.1) is 0 Å². The summed E-state index contributed by atoms with van der Waals surface area (Å²) in [5.41, 5.74) is -0.0601. The first-order valence-electron chi connectivity index (χ1n) is 6.64. The van der Waals surface area contributed by atoms with Crippen LogP contribution in [0.3, 0.4) is 0 Å². The maximum Gasteiger partial charge on any atom is 0.185 e. The summed E-state index contributed by atoms with van der Waals surface area (Å²) < 4.78 is 5.49. The number of furan rings is 1. The Balaban J connectivity index is 2.22. The number of aldehydes is 1. The van der Waals surface area contributed by atoms with Crippen LogP contribution in [-0.4, -0.2) is 11.4 Å². The fourth-order valence-corrected chi connectivity index (χ4v) is 2.42. The van der Waals surface area contributed by atoms with E-state index in [-0.39, 0.29) is 5.76 Å². The SMILES string of the molecule is O=Cc1ccc(C(O)(c2ccccc2)c2ccccc2)o1. The molecule has 0 aliphatic heterocycles. The van der Waals surface area contributed by atoms with Crippen LogP contribution >= 0.6 is 0 Å². The second-order valence-corrected chi connectivity index (χ2v) is 4.76. The van der Waals surface area contributed by atoms with Crippen LogP contribution in [0.15, 0.2) is 77.2 Å². The van der Waals surface area contributed by atoms with Crippen molar-refractivity contribution in [1.82, 2.24) is 0 Å². The Morgan fingerprint density at radius 3 is 1.76 bits per heavy atom. The molecule has 2 aromatic carbocycles. The Labute approximate surface area is 122 Å². The summed E-state index contributed by atoms with van der Waals surface area (Å²) in [6.07, 6.45) is 0.625. The number of benzene rings is 2. The molecule has 0 unspecified atom stereocenters. The third kappa shape index (κ3) is 2.28. The van der Waals surface area contributed by atoms with Gasteiger partial charge < -0.3 is 9.52 Å². The zero-order valence-corrected chi connectivity index (χ0v) is 11.3. The van der Waals surface area contributed by atoms with Gasteiger partial charge >= 0.3 is 0 Å². The Bertz CT molecular complexity index is 690. The van der Waals surface area contributed by atoms with Crippen LogP contribution in [0.4, 0.5) is 0 Å². The van der Waals surface area contributed by atoms with E-state index in [1.165, 1.54) is 0 Å². The first-order chi connectivity index (χ1) is 10.2. The van der Waals surface area contributed by atoms with Gasteiger partial charge in [0.15, 0.2) is 17.6 Å². The topological polar surface area (TPSA) is 50.4 Å². The Kier molecular flexibility index (Phi) is 3.42. The van der Waals surface area contributed by atoms with Crippen molar-refractivity contribution in [1.29, 1.82) is 0 Å². The average Bonchev–Trinajstić information content (AvgIpc) is 3.05. The van der Waals surface area contributed by atoms with E-state index in [1.54, 1.807) is 12.1 Å². The van der Waals surface area contributed by atoms with Crippen molar-refractivity contribution < 1.29 is 14.3 Å². The monoisotopic (exact) mass is 278 g/mol. The molecule has 0 saturated carbocycles. The van der Waals surface area contributed by atoms with Gasteiger partial charge in [-0.25, -0.2) is 0 Å². The first-order valence-corrected chi connectivity index (χ1v) is 6.64. The Morgan fingerprint density at radius 2 is 1.33 bits per heavy atom. The maximum atomic E-state index is 11.3. The minimum Gasteiger partial charge on any atom is -0.454 e. The van der Waals surface area contributed by atoms with E-state index < -0.39 is 5.60 Å². The smallest absolute Gasteiger partial charge is 0.185 e. The van der Waals surface area contributed by atoms with Gasteiger partial charge in [-0.2, -0.15) is 0 Å². The minimum absolute atomic E-state index is 0.190. The second-order valence-electron chi connectivity index (χ2n) is 4.76. The van der Waals surface area contributed by atoms with E-state index in [2.05, 4.69) is 0 Å². The highest BCUT2D eigenvalue weighted by Crippen LogP contribution is 2.37. The van der Waals surface area contributed by atoms with Gasteiger partial charge in [-0.1, -0.05) is 60.7 Å². The molecule has 3 nitrogen and oxygen atoms in total. The minimum atomic E-state index is -1.43. The normalized spacial score (nSPS) is 11.3. The third-order valence-corrected chi connectivity index (χ3v) is 3.48. The number of carbonyl (C=O) groups is 1. The van der Waals surface area contributed by atoms with Crippen molar-refractivity contribution in [3.8, 4) is 0 Å². The molecule has 3 aromatic rings. The van der Waals surface area contributed by atoms with Gasteiger partial charge in [0.25, 0.3) is 0 Å². The number of hydrogen-bond donors (Lipinski definition) is 1. The second kappa shape index (κ2) is 5.38. The molecule has 0 aliphatic rings. The summed E-state index contributed by atoms with van der Waals surface area (Å²) in [7, 11) is 0. The highest BCUT2D eigenvalue weighted by atomic mass is 16.4. The summed E-state index contributed by atoms with van der Waals surface area (Å²) in [6, 6.07) is 21.7. The van der Waals surface area contributed by atoms with Gasteiger partial charge in [0, 0.05) is 0 Å². The summed E-state index contributed by atoms with van der Waals surface area (Å²) >= 11 is 0. The average molecular weight is 278 g/mol. The Morgan fingerprint density at radius 1 is 0.810 bits per heavy atom. The largest absolute Gasteiger partial charge is 0.454 e. The fraction of sp³-hybridized carbons (Fsp3) is 0.0556. The Hall–Kier alpha value is -2.65. The fourth-order valence-electron chi connectivity index (χ4n) is 2.42. The van der Waals surface area contributed by atoms with E-state index in [0.29, 0.717) is 23.2 Å². The molecule has 1 heterocycles. The molecule has 1 N–H and O–H groups in total. The lowest BCUT2D eigenvalue weighted by molar-refractivity contribution is 0.0944. The van der Waals surface area contributed by atoms with Crippen LogP contribution in [0.25, 0.3) is 0 Å². The molecule has 0 fully saturated rings. The maximum absolute atomic E-state index is 11.3. The van der Waals surface area contributed by atoms with Gasteiger partial charge in [-0.15, -0.1) is 0 Å². The lowest BCUT2D eigenvalue weighted by Crippen LogP contribution is -2.28. The van der Waals surface area contributed by atoms with Gasteiger partial charge in [0.2, 0.25) is 0 Å². The van der Waals surface area contributed by atoms with E-state index in [1.807, 2.05) is 60.7 Å². The molecule has 0 atom stereocenters. The molecular weight excluding hydrogens is 264 g/mol. The highest BCUT2D eigenvalue weighted by molar-refractivity contribution is 5.70. The summed E-state index contributed by atoms with van der Waals surface area (Å²) in [4.78, 5) is 10.8. The van der Waals surface area contributed by atoms with Crippen molar-refractivity contribution in [2.45, 2.75) is 5.60 Å². The lowest BCUT2D eigenvalue weighted by Gasteiger charge is -2.27. The number of hydrogen-bond acceptors (Lipinski definition) is 3. The van der Waals surface area contributed by atoms with Crippen molar-refractivity contribution in [2.24, 2.45) is 0 Å². The van der Waals surface area contributed by atoms with Crippen molar-refractivity contribution in [3.63, 3.8) is 0 Å². The number of aliphatic hydroxyl groups is 1. The first kappa shape index (κ1) is 13.3. The van der Waals surface area contributed by atoms with Crippen molar-refractivity contribution in [3.05, 3.63) is 95.4 Å². The van der Waals surface area contributed by atoms with Crippen LogP contribution in [0.1, 0.15) is 27.4 Å². The summed E-state index contributed by atoms with van der Waals surface area (Å²) in [5, 5.41) is 11.3. The van der Waals surface area contributed by atoms with E-state index >= 15 is 0 Å². The van der Waals surface area contributed by atoms with E-state index in [4.69, 9.17) is 4.42 Å². The molecule has 21 heavy (non-hydrogen) atoms. The summed E-state index contributed by atoms with van der Waals surface area (Å²) in [6.45, 7) is 0. The standard InChI is InChI=1S/C18H14O3/c19-13-16-11-12-17(21-16)18(20,14-7-3-1-4-8-14)15-9-5-2-6-10-15/h1-13,20H. The molecule has 0 spiro atoms. The van der Waals surface area contributed by atoms with Gasteiger partial charge in [0.1, 0.15) is 5.76 Å². The zero-order chi connectivity index (χ0) is 14.7. The highest BCUT2D eigenvalue weighted by Gasteiger charge is 2.36.